The van der Waals surface area contributed by atoms with Crippen molar-refractivity contribution in [3.8, 4) is 17.0 Å². The van der Waals surface area contributed by atoms with E-state index in [-0.39, 0.29) is 0 Å². The molecule has 0 spiro atoms. The summed E-state index contributed by atoms with van der Waals surface area (Å²) in [7, 11) is 5.69. The first kappa shape index (κ1) is 13.6. The van der Waals surface area contributed by atoms with Gasteiger partial charge in [0.25, 0.3) is 0 Å². The van der Waals surface area contributed by atoms with Gasteiger partial charge in [-0.2, -0.15) is 0 Å². The Morgan fingerprint density at radius 1 is 1.37 bits per heavy atom. The van der Waals surface area contributed by atoms with E-state index in [9.17, 15) is 0 Å². The Morgan fingerprint density at radius 3 is 2.84 bits per heavy atom. The maximum Gasteiger partial charge on any atom is 0.128 e. The van der Waals surface area contributed by atoms with Gasteiger partial charge >= 0.3 is 0 Å². The monoisotopic (exact) mass is 259 g/mol. The summed E-state index contributed by atoms with van der Waals surface area (Å²) < 4.78 is 7.54. The molecule has 0 saturated carbocycles. The molecule has 0 aliphatic carbocycles. The van der Waals surface area contributed by atoms with E-state index < -0.39 is 0 Å². The lowest BCUT2D eigenvalue weighted by Gasteiger charge is -2.10. The number of likely N-dealkylation sites (N-methyl/N-ethyl adjacent to an activating group) is 1. The molecule has 1 aromatic carbocycles. The molecule has 0 aliphatic rings. The van der Waals surface area contributed by atoms with Crippen molar-refractivity contribution in [2.24, 2.45) is 7.05 Å². The van der Waals surface area contributed by atoms with Gasteiger partial charge in [0.15, 0.2) is 0 Å². The molecule has 0 amide bonds. The smallest absolute Gasteiger partial charge is 0.128 e. The molecule has 4 nitrogen and oxygen atoms in total. The summed E-state index contributed by atoms with van der Waals surface area (Å²) in [5, 5.41) is 3.18. The Bertz CT molecular complexity index is 561. The molecule has 102 valence electrons. The topological polar surface area (TPSA) is 39.1 Å². The summed E-state index contributed by atoms with van der Waals surface area (Å²) in [6.45, 7) is 3.01. The van der Waals surface area contributed by atoms with E-state index in [0.717, 1.165) is 30.0 Å². The molecular weight excluding hydrogens is 238 g/mol. The number of nitrogens with zero attached hydrogens (tertiary/aromatic N) is 2. The second kappa shape index (κ2) is 5.89. The highest BCUT2D eigenvalue weighted by atomic mass is 16.5. The zero-order valence-electron chi connectivity index (χ0n) is 12.0. The van der Waals surface area contributed by atoms with Gasteiger partial charge in [0.1, 0.15) is 5.75 Å². The van der Waals surface area contributed by atoms with Crippen molar-refractivity contribution in [3.63, 3.8) is 0 Å². The molecular formula is C15H21N3O. The molecule has 0 saturated heterocycles. The average molecular weight is 259 g/mol. The first-order valence-electron chi connectivity index (χ1n) is 6.47. The van der Waals surface area contributed by atoms with E-state index in [1.165, 1.54) is 11.3 Å². The summed E-state index contributed by atoms with van der Waals surface area (Å²) in [6.07, 6.45) is 2.81. The maximum absolute atomic E-state index is 5.46. The molecule has 0 aliphatic heterocycles. The number of imidazole rings is 1. The number of ether oxygens (including phenoxy) is 1. The predicted molar refractivity (Wildman–Crippen MR) is 77.6 cm³/mol. The minimum atomic E-state index is 0.870. The van der Waals surface area contributed by atoms with E-state index >= 15 is 0 Å². The van der Waals surface area contributed by atoms with Crippen molar-refractivity contribution in [2.45, 2.75) is 13.3 Å². The molecule has 1 aromatic heterocycles. The highest BCUT2D eigenvalue weighted by Crippen LogP contribution is 2.32. The molecule has 0 atom stereocenters. The van der Waals surface area contributed by atoms with Gasteiger partial charge in [-0.15, -0.1) is 0 Å². The first-order chi connectivity index (χ1) is 9.17. The van der Waals surface area contributed by atoms with E-state index in [2.05, 4.69) is 33.9 Å². The second-order valence-electron chi connectivity index (χ2n) is 4.71. The highest BCUT2D eigenvalue weighted by Gasteiger charge is 2.14. The van der Waals surface area contributed by atoms with Gasteiger partial charge in [0.2, 0.25) is 0 Å². The largest absolute Gasteiger partial charge is 0.496 e. The molecule has 2 rings (SSSR count). The number of rotatable bonds is 5. The number of aromatic nitrogens is 2. The Morgan fingerprint density at radius 2 is 2.16 bits per heavy atom. The van der Waals surface area contributed by atoms with Crippen LogP contribution in [-0.4, -0.2) is 30.3 Å². The molecule has 2 aromatic rings. The molecule has 0 bridgehead atoms. The summed E-state index contributed by atoms with van der Waals surface area (Å²) in [4.78, 5) is 4.54. The fraction of sp³-hybridized carbons (Fsp3) is 0.400. The molecule has 1 heterocycles. The van der Waals surface area contributed by atoms with Crippen LogP contribution < -0.4 is 10.1 Å². The summed E-state index contributed by atoms with van der Waals surface area (Å²) in [5.74, 6) is 0.870. The van der Waals surface area contributed by atoms with Crippen molar-refractivity contribution in [2.75, 3.05) is 20.7 Å². The van der Waals surface area contributed by atoms with Gasteiger partial charge in [0.05, 0.1) is 19.1 Å². The lowest BCUT2D eigenvalue weighted by molar-refractivity contribution is 0.416. The lowest BCUT2D eigenvalue weighted by Crippen LogP contribution is -2.12. The number of methoxy groups -OCH3 is 1. The second-order valence-corrected chi connectivity index (χ2v) is 4.71. The van der Waals surface area contributed by atoms with Crippen molar-refractivity contribution in [3.05, 3.63) is 35.8 Å². The number of hydrogen-bond donors (Lipinski definition) is 1. The maximum atomic E-state index is 5.46. The zero-order valence-corrected chi connectivity index (χ0v) is 12.0. The number of hydrogen-bond acceptors (Lipinski definition) is 3. The van der Waals surface area contributed by atoms with E-state index in [1.54, 1.807) is 7.11 Å². The number of nitrogens with one attached hydrogen (secondary N) is 1. The van der Waals surface area contributed by atoms with Crippen molar-refractivity contribution in [1.29, 1.82) is 0 Å². The van der Waals surface area contributed by atoms with Crippen LogP contribution in [-0.2, 0) is 13.5 Å². The van der Waals surface area contributed by atoms with Crippen LogP contribution in [0.15, 0.2) is 24.5 Å². The minimum absolute atomic E-state index is 0.870. The highest BCUT2D eigenvalue weighted by molar-refractivity contribution is 5.70. The molecule has 1 N–H and O–H groups in total. The van der Waals surface area contributed by atoms with E-state index in [4.69, 9.17) is 4.74 Å². The third kappa shape index (κ3) is 2.79. The van der Waals surface area contributed by atoms with Crippen molar-refractivity contribution < 1.29 is 4.74 Å². The normalized spacial score (nSPS) is 10.7. The van der Waals surface area contributed by atoms with Crippen molar-refractivity contribution >= 4 is 0 Å². The number of aryl methyl sites for hydroxylation is 2. The minimum Gasteiger partial charge on any atom is -0.496 e. The van der Waals surface area contributed by atoms with Crippen LogP contribution in [0.4, 0.5) is 0 Å². The Hall–Kier alpha value is -1.81. The van der Waals surface area contributed by atoms with Gasteiger partial charge in [-0.1, -0.05) is 11.6 Å². The van der Waals surface area contributed by atoms with Gasteiger partial charge in [-0.3, -0.25) is 0 Å². The Labute approximate surface area is 114 Å². The third-order valence-corrected chi connectivity index (χ3v) is 3.28. The van der Waals surface area contributed by atoms with Crippen molar-refractivity contribution in [1.82, 2.24) is 14.9 Å². The van der Waals surface area contributed by atoms with E-state index in [1.807, 2.05) is 26.5 Å². The zero-order chi connectivity index (χ0) is 13.8. The Kier molecular flexibility index (Phi) is 4.22. The first-order valence-corrected chi connectivity index (χ1v) is 6.47. The summed E-state index contributed by atoms with van der Waals surface area (Å²) >= 11 is 0. The average Bonchev–Trinajstić information content (AvgIpc) is 2.77. The third-order valence-electron chi connectivity index (χ3n) is 3.28. The van der Waals surface area contributed by atoms with Gasteiger partial charge in [0, 0.05) is 31.3 Å². The SMILES string of the molecule is CNCCc1c(-c2cc(C)ccc2OC)ncn1C. The van der Waals surface area contributed by atoms with Gasteiger partial charge in [-0.05, 0) is 26.1 Å². The Balaban J connectivity index is 2.49. The standard InChI is InChI=1S/C15H21N3O/c1-11-5-6-14(19-4)12(9-11)15-13(7-8-16-2)18(3)10-17-15/h5-6,9-10,16H,7-8H2,1-4H3. The predicted octanol–water partition coefficient (Wildman–Crippen LogP) is 2.17. The van der Waals surface area contributed by atoms with Crippen LogP contribution in [0.25, 0.3) is 11.3 Å². The number of benzene rings is 1. The molecule has 0 unspecified atom stereocenters. The molecule has 4 heteroatoms. The van der Waals surface area contributed by atoms with Crippen LogP contribution in [0, 0.1) is 6.92 Å². The van der Waals surface area contributed by atoms with Crippen LogP contribution in [0.2, 0.25) is 0 Å². The van der Waals surface area contributed by atoms with Crippen LogP contribution in [0.3, 0.4) is 0 Å². The summed E-state index contributed by atoms with van der Waals surface area (Å²) in [6, 6.07) is 6.18. The lowest BCUT2D eigenvalue weighted by atomic mass is 10.0. The van der Waals surface area contributed by atoms with E-state index in [0.29, 0.717) is 0 Å². The fourth-order valence-corrected chi connectivity index (χ4v) is 2.23. The fourth-order valence-electron chi connectivity index (χ4n) is 2.23. The molecule has 0 fully saturated rings. The van der Waals surface area contributed by atoms with Crippen LogP contribution in [0.1, 0.15) is 11.3 Å². The molecule has 0 radical (unpaired) electrons. The van der Waals surface area contributed by atoms with Crippen LogP contribution >= 0.6 is 0 Å². The van der Waals surface area contributed by atoms with Gasteiger partial charge < -0.3 is 14.6 Å². The quantitative estimate of drug-likeness (QED) is 0.894. The summed E-state index contributed by atoms with van der Waals surface area (Å²) in [5.41, 5.74) is 4.51. The molecule has 19 heavy (non-hydrogen) atoms. The van der Waals surface area contributed by atoms with Gasteiger partial charge in [-0.25, -0.2) is 4.98 Å². The van der Waals surface area contributed by atoms with Crippen LogP contribution in [0.5, 0.6) is 5.75 Å².